The molecule has 0 spiro atoms. The lowest BCUT2D eigenvalue weighted by molar-refractivity contribution is 0.333. The van der Waals surface area contributed by atoms with Crippen LogP contribution in [0.1, 0.15) is 12.8 Å². The second-order valence-corrected chi connectivity index (χ2v) is 6.59. The maximum absolute atomic E-state index is 5.39. The molecule has 3 aliphatic heterocycles. The van der Waals surface area contributed by atoms with Crippen LogP contribution < -0.4 is 19.3 Å². The molecule has 3 aliphatic rings. The third-order valence-corrected chi connectivity index (χ3v) is 5.30. The van der Waals surface area contributed by atoms with Crippen molar-refractivity contribution in [3.05, 3.63) is 48.5 Å². The maximum atomic E-state index is 5.39. The van der Waals surface area contributed by atoms with Crippen LogP contribution in [0.25, 0.3) is 0 Å². The SMILES string of the molecule is COc1cccc(N2CC3CCC2CN3c2cccc(OC)c2)c1. The number of fused-ring (bicyclic) bond motifs is 3. The molecule has 4 nitrogen and oxygen atoms in total. The summed E-state index contributed by atoms with van der Waals surface area (Å²) in [5.74, 6) is 1.86. The van der Waals surface area contributed by atoms with Crippen LogP contribution in [0.4, 0.5) is 11.4 Å². The Hall–Kier alpha value is -2.36. The molecule has 2 atom stereocenters. The zero-order valence-electron chi connectivity index (χ0n) is 14.3. The molecule has 2 aromatic carbocycles. The van der Waals surface area contributed by atoms with Crippen LogP contribution in [-0.2, 0) is 0 Å². The van der Waals surface area contributed by atoms with Crippen molar-refractivity contribution in [3.63, 3.8) is 0 Å². The zero-order valence-corrected chi connectivity index (χ0v) is 14.3. The normalized spacial score (nSPS) is 22.6. The second kappa shape index (κ2) is 6.27. The summed E-state index contributed by atoms with van der Waals surface area (Å²) >= 11 is 0. The largest absolute Gasteiger partial charge is 0.497 e. The predicted octanol–water partition coefficient (Wildman–Crippen LogP) is 3.56. The van der Waals surface area contributed by atoms with Crippen LogP contribution in [0.15, 0.2) is 48.5 Å². The number of nitrogens with zero attached hydrogens (tertiary/aromatic N) is 2. The van der Waals surface area contributed by atoms with Crippen molar-refractivity contribution in [2.45, 2.75) is 24.9 Å². The van der Waals surface area contributed by atoms with Crippen LogP contribution >= 0.6 is 0 Å². The summed E-state index contributed by atoms with van der Waals surface area (Å²) in [6.45, 7) is 2.13. The highest BCUT2D eigenvalue weighted by Gasteiger charge is 2.39. The second-order valence-electron chi connectivity index (χ2n) is 6.59. The summed E-state index contributed by atoms with van der Waals surface area (Å²) in [4.78, 5) is 5.10. The molecule has 4 heteroatoms. The summed E-state index contributed by atoms with van der Waals surface area (Å²) in [5, 5.41) is 0. The molecule has 0 radical (unpaired) electrons. The number of piperazine rings is 1. The van der Waals surface area contributed by atoms with Crippen molar-refractivity contribution in [1.29, 1.82) is 0 Å². The molecule has 3 heterocycles. The smallest absolute Gasteiger partial charge is 0.120 e. The minimum Gasteiger partial charge on any atom is -0.497 e. The van der Waals surface area contributed by atoms with Gasteiger partial charge in [-0.05, 0) is 37.1 Å². The molecular weight excluding hydrogens is 300 g/mol. The van der Waals surface area contributed by atoms with Crippen molar-refractivity contribution in [1.82, 2.24) is 0 Å². The average molecular weight is 324 g/mol. The van der Waals surface area contributed by atoms with Crippen LogP contribution in [0.2, 0.25) is 0 Å². The topological polar surface area (TPSA) is 24.9 Å². The minimum absolute atomic E-state index is 0.549. The highest BCUT2D eigenvalue weighted by atomic mass is 16.5. The van der Waals surface area contributed by atoms with Gasteiger partial charge in [-0.15, -0.1) is 0 Å². The van der Waals surface area contributed by atoms with Gasteiger partial charge in [-0.2, -0.15) is 0 Å². The molecule has 0 N–H and O–H groups in total. The van der Waals surface area contributed by atoms with Crippen molar-refractivity contribution in [3.8, 4) is 11.5 Å². The maximum Gasteiger partial charge on any atom is 0.120 e. The number of ether oxygens (including phenoxy) is 2. The fraction of sp³-hybridized carbons (Fsp3) is 0.400. The molecule has 0 amide bonds. The lowest BCUT2D eigenvalue weighted by Crippen LogP contribution is -2.63. The summed E-state index contributed by atoms with van der Waals surface area (Å²) in [7, 11) is 3.46. The van der Waals surface area contributed by atoms with E-state index in [1.54, 1.807) is 14.2 Å². The number of benzene rings is 2. The number of hydrogen-bond donors (Lipinski definition) is 0. The third-order valence-electron chi connectivity index (χ3n) is 5.30. The summed E-state index contributed by atoms with van der Waals surface area (Å²) in [5.41, 5.74) is 2.55. The Morgan fingerprint density at radius 1 is 0.750 bits per heavy atom. The molecule has 0 aromatic heterocycles. The Morgan fingerprint density at radius 3 is 1.58 bits per heavy atom. The number of anilines is 2. The molecule has 0 saturated carbocycles. The fourth-order valence-corrected chi connectivity index (χ4v) is 4.04. The summed E-state index contributed by atoms with van der Waals surface area (Å²) < 4.78 is 10.8. The Morgan fingerprint density at radius 2 is 1.21 bits per heavy atom. The Bertz CT molecular complexity index is 657. The molecule has 2 aromatic rings. The van der Waals surface area contributed by atoms with Gasteiger partial charge in [0.1, 0.15) is 11.5 Å². The molecular formula is C20H24N2O2. The lowest BCUT2D eigenvalue weighted by atomic mass is 9.89. The minimum atomic E-state index is 0.549. The van der Waals surface area contributed by atoms with E-state index in [1.807, 2.05) is 12.1 Å². The van der Waals surface area contributed by atoms with E-state index < -0.39 is 0 Å². The van der Waals surface area contributed by atoms with Crippen LogP contribution in [0.3, 0.4) is 0 Å². The Balaban J connectivity index is 1.57. The first kappa shape index (κ1) is 15.2. The van der Waals surface area contributed by atoms with E-state index >= 15 is 0 Å². The van der Waals surface area contributed by atoms with Crippen molar-refractivity contribution in [2.75, 3.05) is 37.1 Å². The fourth-order valence-electron chi connectivity index (χ4n) is 4.04. The Labute approximate surface area is 143 Å². The quantitative estimate of drug-likeness (QED) is 0.858. The average Bonchev–Trinajstić information content (AvgIpc) is 2.68. The first-order valence-electron chi connectivity index (χ1n) is 8.60. The van der Waals surface area contributed by atoms with E-state index in [1.165, 1.54) is 24.2 Å². The molecule has 2 unspecified atom stereocenters. The number of rotatable bonds is 4. The van der Waals surface area contributed by atoms with Gasteiger partial charge in [0.25, 0.3) is 0 Å². The van der Waals surface area contributed by atoms with E-state index in [9.17, 15) is 0 Å². The van der Waals surface area contributed by atoms with Crippen LogP contribution in [0.5, 0.6) is 11.5 Å². The van der Waals surface area contributed by atoms with Gasteiger partial charge in [0.05, 0.1) is 14.2 Å². The van der Waals surface area contributed by atoms with Gasteiger partial charge < -0.3 is 19.3 Å². The molecule has 0 aliphatic carbocycles. The summed E-state index contributed by atoms with van der Waals surface area (Å²) in [6.07, 6.45) is 2.50. The first-order chi connectivity index (χ1) is 11.8. The molecule has 3 saturated heterocycles. The van der Waals surface area contributed by atoms with Gasteiger partial charge in [0.2, 0.25) is 0 Å². The zero-order chi connectivity index (χ0) is 16.5. The number of methoxy groups -OCH3 is 2. The van der Waals surface area contributed by atoms with Crippen molar-refractivity contribution in [2.24, 2.45) is 0 Å². The number of hydrogen-bond acceptors (Lipinski definition) is 4. The van der Waals surface area contributed by atoms with E-state index in [4.69, 9.17) is 9.47 Å². The van der Waals surface area contributed by atoms with Gasteiger partial charge in [0, 0.05) is 48.7 Å². The van der Waals surface area contributed by atoms with Gasteiger partial charge in [-0.25, -0.2) is 0 Å². The highest BCUT2D eigenvalue weighted by molar-refractivity contribution is 5.58. The van der Waals surface area contributed by atoms with Crippen LogP contribution in [-0.4, -0.2) is 39.4 Å². The molecule has 5 rings (SSSR count). The van der Waals surface area contributed by atoms with Crippen LogP contribution in [0, 0.1) is 0 Å². The molecule has 3 fully saturated rings. The number of piperidine rings is 2. The van der Waals surface area contributed by atoms with Crippen molar-refractivity contribution >= 4 is 11.4 Å². The third kappa shape index (κ3) is 2.66. The van der Waals surface area contributed by atoms with E-state index in [0.717, 1.165) is 24.6 Å². The monoisotopic (exact) mass is 324 g/mol. The van der Waals surface area contributed by atoms with E-state index in [2.05, 4.69) is 46.2 Å². The van der Waals surface area contributed by atoms with Crippen molar-refractivity contribution < 1.29 is 9.47 Å². The molecule has 2 bridgehead atoms. The molecule has 126 valence electrons. The molecule has 24 heavy (non-hydrogen) atoms. The van der Waals surface area contributed by atoms with Gasteiger partial charge in [0.15, 0.2) is 0 Å². The summed E-state index contributed by atoms with van der Waals surface area (Å²) in [6, 6.07) is 18.0. The van der Waals surface area contributed by atoms with E-state index in [0.29, 0.717) is 12.1 Å². The van der Waals surface area contributed by atoms with Gasteiger partial charge >= 0.3 is 0 Å². The van der Waals surface area contributed by atoms with Gasteiger partial charge in [-0.1, -0.05) is 12.1 Å². The Kier molecular flexibility index (Phi) is 3.97. The lowest BCUT2D eigenvalue weighted by Gasteiger charge is -2.53. The van der Waals surface area contributed by atoms with Gasteiger partial charge in [-0.3, -0.25) is 0 Å². The van der Waals surface area contributed by atoms with E-state index in [-0.39, 0.29) is 0 Å². The highest BCUT2D eigenvalue weighted by Crippen LogP contribution is 2.37. The standard InChI is InChI=1S/C20H24N2O2/c1-23-19-7-3-5-15(11-19)21-13-18-10-9-17(21)14-22(18)16-6-4-8-20(12-16)24-2/h3-8,11-12,17-18H,9-10,13-14H2,1-2H3. The predicted molar refractivity (Wildman–Crippen MR) is 97.5 cm³/mol. The first-order valence-corrected chi connectivity index (χ1v) is 8.60.